The van der Waals surface area contributed by atoms with Crippen LogP contribution in [0.3, 0.4) is 0 Å². The molecule has 2 atom stereocenters. The molecule has 0 radical (unpaired) electrons. The van der Waals surface area contributed by atoms with E-state index in [2.05, 4.69) is 25.7 Å². The minimum absolute atomic E-state index is 0.0759. The monoisotopic (exact) mass is 283 g/mol. The maximum Gasteiger partial charge on any atom is 0.0749 e. The molecule has 3 heteroatoms. The number of ether oxygens (including phenoxy) is 1. The first-order valence-electron chi connectivity index (χ1n) is 8.62. The van der Waals surface area contributed by atoms with Crippen molar-refractivity contribution in [1.82, 2.24) is 4.90 Å². The highest BCUT2D eigenvalue weighted by Crippen LogP contribution is 2.38. The molecule has 0 aromatic carbocycles. The van der Waals surface area contributed by atoms with E-state index >= 15 is 0 Å². The third-order valence-electron chi connectivity index (χ3n) is 6.00. The molecule has 1 saturated heterocycles. The molecule has 3 nitrogen and oxygen atoms in total. The van der Waals surface area contributed by atoms with Crippen LogP contribution in [0, 0.1) is 11.8 Å². The third-order valence-corrected chi connectivity index (χ3v) is 6.00. The molecule has 1 aliphatic carbocycles. The Kier molecular flexibility index (Phi) is 5.88. The lowest BCUT2D eigenvalue weighted by Crippen LogP contribution is -2.59. The van der Waals surface area contributed by atoms with E-state index < -0.39 is 0 Å². The largest absolute Gasteiger partial charge is 0.391 e. The van der Waals surface area contributed by atoms with Gasteiger partial charge in [0.05, 0.1) is 19.3 Å². The molecule has 2 rings (SSSR count). The minimum atomic E-state index is -0.191. The smallest absolute Gasteiger partial charge is 0.0749 e. The van der Waals surface area contributed by atoms with Crippen molar-refractivity contribution in [3.8, 4) is 0 Å². The molecule has 1 aliphatic heterocycles. The van der Waals surface area contributed by atoms with E-state index in [-0.39, 0.29) is 11.6 Å². The highest BCUT2D eigenvalue weighted by Gasteiger charge is 2.42. The van der Waals surface area contributed by atoms with Gasteiger partial charge in [-0.2, -0.15) is 0 Å². The molecule has 118 valence electrons. The van der Waals surface area contributed by atoms with Crippen molar-refractivity contribution < 1.29 is 9.84 Å². The first-order valence-corrected chi connectivity index (χ1v) is 8.62. The van der Waals surface area contributed by atoms with Crippen molar-refractivity contribution in [2.45, 2.75) is 70.9 Å². The van der Waals surface area contributed by atoms with Crippen LogP contribution in [0.2, 0.25) is 0 Å². The first-order chi connectivity index (χ1) is 9.61. The number of aliphatic hydroxyl groups is 1. The summed E-state index contributed by atoms with van der Waals surface area (Å²) >= 11 is 0. The molecule has 20 heavy (non-hydrogen) atoms. The van der Waals surface area contributed by atoms with Crippen LogP contribution in [0.15, 0.2) is 0 Å². The van der Waals surface area contributed by atoms with Crippen LogP contribution in [0.25, 0.3) is 0 Å². The van der Waals surface area contributed by atoms with Gasteiger partial charge in [-0.3, -0.25) is 4.90 Å². The van der Waals surface area contributed by atoms with E-state index in [1.165, 1.54) is 32.1 Å². The van der Waals surface area contributed by atoms with Crippen LogP contribution in [-0.2, 0) is 4.74 Å². The average Bonchev–Trinajstić information content (AvgIpc) is 2.54. The molecule has 0 aromatic rings. The molecule has 0 amide bonds. The molecule has 1 heterocycles. The van der Waals surface area contributed by atoms with Gasteiger partial charge in [0.15, 0.2) is 0 Å². The van der Waals surface area contributed by atoms with Crippen molar-refractivity contribution in [3.63, 3.8) is 0 Å². The molecule has 0 spiro atoms. The molecular weight excluding hydrogens is 250 g/mol. The Hall–Kier alpha value is -0.120. The minimum Gasteiger partial charge on any atom is -0.391 e. The maximum absolute atomic E-state index is 11.0. The predicted octanol–water partition coefficient (Wildman–Crippen LogP) is 3.06. The van der Waals surface area contributed by atoms with Gasteiger partial charge < -0.3 is 9.84 Å². The molecular formula is C17H33NO2. The van der Waals surface area contributed by atoms with Crippen LogP contribution in [0.5, 0.6) is 0 Å². The Morgan fingerprint density at radius 2 is 1.75 bits per heavy atom. The van der Waals surface area contributed by atoms with E-state index in [1.807, 2.05) is 0 Å². The topological polar surface area (TPSA) is 32.7 Å². The lowest BCUT2D eigenvalue weighted by molar-refractivity contribution is -0.0965. The summed E-state index contributed by atoms with van der Waals surface area (Å²) in [6, 6.07) is 0. The summed E-state index contributed by atoms with van der Waals surface area (Å²) in [5.74, 6) is 1.39. The summed E-state index contributed by atoms with van der Waals surface area (Å²) in [4.78, 5) is 2.47. The van der Waals surface area contributed by atoms with Crippen molar-refractivity contribution in [2.75, 3.05) is 26.3 Å². The van der Waals surface area contributed by atoms with Gasteiger partial charge in [0, 0.05) is 18.6 Å². The molecule has 1 N–H and O–H groups in total. The maximum atomic E-state index is 11.0. The van der Waals surface area contributed by atoms with E-state index in [1.54, 1.807) is 0 Å². The number of morpholine rings is 1. The summed E-state index contributed by atoms with van der Waals surface area (Å²) in [6.07, 6.45) is 7.16. The second-order valence-electron chi connectivity index (χ2n) is 6.94. The van der Waals surface area contributed by atoms with Crippen molar-refractivity contribution in [3.05, 3.63) is 0 Å². The quantitative estimate of drug-likeness (QED) is 0.841. The lowest BCUT2D eigenvalue weighted by atomic mass is 9.72. The van der Waals surface area contributed by atoms with Crippen LogP contribution < -0.4 is 0 Å². The zero-order valence-corrected chi connectivity index (χ0v) is 13.6. The third kappa shape index (κ3) is 3.37. The summed E-state index contributed by atoms with van der Waals surface area (Å²) in [7, 11) is 0. The van der Waals surface area contributed by atoms with E-state index in [0.29, 0.717) is 5.92 Å². The number of nitrogens with zero attached hydrogens (tertiary/aromatic N) is 1. The van der Waals surface area contributed by atoms with Crippen LogP contribution in [0.1, 0.15) is 59.3 Å². The Morgan fingerprint density at radius 1 is 1.15 bits per heavy atom. The average molecular weight is 283 g/mol. The fourth-order valence-electron chi connectivity index (χ4n) is 4.11. The molecule has 2 aliphatic rings. The highest BCUT2D eigenvalue weighted by molar-refractivity contribution is 4.96. The van der Waals surface area contributed by atoms with Crippen molar-refractivity contribution >= 4 is 0 Å². The van der Waals surface area contributed by atoms with Crippen LogP contribution >= 0.6 is 0 Å². The van der Waals surface area contributed by atoms with Gasteiger partial charge in [0.1, 0.15) is 0 Å². The second-order valence-corrected chi connectivity index (χ2v) is 6.94. The van der Waals surface area contributed by atoms with Gasteiger partial charge in [-0.1, -0.05) is 33.1 Å². The standard InChI is InChI=1S/C17H33NO2/c1-4-14-6-8-15(9-7-14)16(19)17(3,5-2)18-10-12-20-13-11-18/h14-16,19H,4-13H2,1-3H3. The number of aliphatic hydroxyl groups excluding tert-OH is 1. The van der Waals surface area contributed by atoms with Crippen molar-refractivity contribution in [2.24, 2.45) is 11.8 Å². The Labute approximate surface area is 124 Å². The van der Waals surface area contributed by atoms with E-state index in [4.69, 9.17) is 4.74 Å². The molecule has 2 unspecified atom stereocenters. The molecule has 0 bridgehead atoms. The number of hydrogen-bond donors (Lipinski definition) is 1. The molecule has 0 aromatic heterocycles. The van der Waals surface area contributed by atoms with Crippen molar-refractivity contribution in [1.29, 1.82) is 0 Å². The molecule has 1 saturated carbocycles. The Bertz CT molecular complexity index is 283. The summed E-state index contributed by atoms with van der Waals surface area (Å²) in [5.41, 5.74) is -0.0759. The number of hydrogen-bond acceptors (Lipinski definition) is 3. The lowest BCUT2D eigenvalue weighted by Gasteiger charge is -2.49. The van der Waals surface area contributed by atoms with Gasteiger partial charge >= 0.3 is 0 Å². The van der Waals surface area contributed by atoms with E-state index in [0.717, 1.165) is 38.6 Å². The van der Waals surface area contributed by atoms with Crippen LogP contribution in [-0.4, -0.2) is 48.0 Å². The fraction of sp³-hybridized carbons (Fsp3) is 1.00. The summed E-state index contributed by atoms with van der Waals surface area (Å²) < 4.78 is 5.47. The number of rotatable bonds is 5. The van der Waals surface area contributed by atoms with Gasteiger partial charge in [0.25, 0.3) is 0 Å². The first kappa shape index (κ1) is 16.3. The molecule has 2 fully saturated rings. The zero-order chi connectivity index (χ0) is 14.6. The summed E-state index contributed by atoms with van der Waals surface area (Å²) in [5, 5.41) is 11.0. The Morgan fingerprint density at radius 3 is 2.25 bits per heavy atom. The predicted molar refractivity (Wildman–Crippen MR) is 82.8 cm³/mol. The summed E-state index contributed by atoms with van der Waals surface area (Å²) in [6.45, 7) is 10.3. The fourth-order valence-corrected chi connectivity index (χ4v) is 4.11. The van der Waals surface area contributed by atoms with E-state index in [9.17, 15) is 5.11 Å². The van der Waals surface area contributed by atoms with Gasteiger partial charge in [0.2, 0.25) is 0 Å². The highest BCUT2D eigenvalue weighted by atomic mass is 16.5. The normalized spacial score (nSPS) is 33.6. The zero-order valence-electron chi connectivity index (χ0n) is 13.6. The second kappa shape index (κ2) is 7.24. The Balaban J connectivity index is 1.98. The van der Waals surface area contributed by atoms with Gasteiger partial charge in [-0.05, 0) is 38.0 Å². The SMILES string of the molecule is CCC1CCC(C(O)C(C)(CC)N2CCOCC2)CC1. The van der Waals surface area contributed by atoms with Gasteiger partial charge in [-0.15, -0.1) is 0 Å². The van der Waals surface area contributed by atoms with Gasteiger partial charge in [-0.25, -0.2) is 0 Å². The van der Waals surface area contributed by atoms with Crippen LogP contribution in [0.4, 0.5) is 0 Å².